The average Bonchev–Trinajstić information content (AvgIpc) is 3.49. The van der Waals surface area contributed by atoms with E-state index >= 15 is 0 Å². The van der Waals surface area contributed by atoms with Crippen LogP contribution in [0.25, 0.3) is 5.65 Å². The van der Waals surface area contributed by atoms with Gasteiger partial charge in [-0.05, 0) is 52.2 Å². The van der Waals surface area contributed by atoms with Crippen molar-refractivity contribution >= 4 is 23.5 Å². The molecule has 2 amide bonds. The molecular weight excluding hydrogens is 481 g/mol. The number of pyridine rings is 1. The number of carbonyl (C=O) groups excluding carboxylic acids is 1. The van der Waals surface area contributed by atoms with Crippen molar-refractivity contribution in [3.05, 3.63) is 47.7 Å². The Bertz CT molecular complexity index is 1290. The first kappa shape index (κ1) is 26.1. The zero-order valence-corrected chi connectivity index (χ0v) is 21.4. The van der Waals surface area contributed by atoms with Gasteiger partial charge in [0.15, 0.2) is 5.65 Å². The largest absolute Gasteiger partial charge is 0.481 e. The number of halogens is 1. The lowest BCUT2D eigenvalue weighted by Crippen LogP contribution is -2.46. The van der Waals surface area contributed by atoms with Crippen LogP contribution in [0.3, 0.4) is 0 Å². The molecule has 3 aromatic rings. The maximum atomic E-state index is 14.0. The van der Waals surface area contributed by atoms with Crippen LogP contribution in [-0.4, -0.2) is 73.9 Å². The van der Waals surface area contributed by atoms with Crippen LogP contribution in [0.1, 0.15) is 62.0 Å². The highest BCUT2D eigenvalue weighted by atomic mass is 19.1. The predicted molar refractivity (Wildman–Crippen MR) is 134 cm³/mol. The van der Waals surface area contributed by atoms with Crippen LogP contribution in [0, 0.1) is 5.82 Å². The monoisotopic (exact) mass is 513 g/mol. The second-order valence-electron chi connectivity index (χ2n) is 9.93. The van der Waals surface area contributed by atoms with Crippen molar-refractivity contribution in [1.82, 2.24) is 29.8 Å². The summed E-state index contributed by atoms with van der Waals surface area (Å²) >= 11 is 0. The molecule has 0 aliphatic carbocycles. The van der Waals surface area contributed by atoms with Gasteiger partial charge in [0, 0.05) is 36.9 Å². The minimum Gasteiger partial charge on any atom is -0.481 e. The van der Waals surface area contributed by atoms with E-state index in [0.29, 0.717) is 54.5 Å². The van der Waals surface area contributed by atoms with E-state index in [-0.39, 0.29) is 11.9 Å². The van der Waals surface area contributed by atoms with Gasteiger partial charge in [0.25, 0.3) is 5.91 Å². The van der Waals surface area contributed by atoms with Gasteiger partial charge in [-0.1, -0.05) is 0 Å². The van der Waals surface area contributed by atoms with Gasteiger partial charge in [-0.2, -0.15) is 5.10 Å². The topological polar surface area (TPSA) is 125 Å². The molecule has 0 aromatic carbocycles. The number of methoxy groups -OCH3 is 1. The van der Waals surface area contributed by atoms with E-state index in [4.69, 9.17) is 9.72 Å². The highest BCUT2D eigenvalue weighted by Gasteiger charge is 2.31. The minimum absolute atomic E-state index is 0.173. The van der Waals surface area contributed by atoms with Gasteiger partial charge in [0.1, 0.15) is 17.2 Å². The Hall–Kier alpha value is -3.96. The summed E-state index contributed by atoms with van der Waals surface area (Å²) in [6, 6.07) is 3.08. The highest BCUT2D eigenvalue weighted by molar-refractivity contribution is 5.99. The molecule has 2 N–H and O–H groups in total. The quantitative estimate of drug-likeness (QED) is 0.439. The SMILES string of the molecule is COc1ncc(F)cc1[C@H]1CCCN1c1ccn2ncc(C(=O)NCCCN(C(=O)O)C(C)(C)C)c2n1. The van der Waals surface area contributed by atoms with Crippen molar-refractivity contribution < 1.29 is 23.8 Å². The standard InChI is InChI=1S/C25H32FN7O4/c1-25(2,3)32(24(35)36)11-6-9-27-22(34)18-15-29-33-12-8-20(30-21(18)33)31-10-5-7-19(31)17-13-16(26)14-28-23(17)37-4/h8,12-15,19H,5-7,9-11H2,1-4H3,(H,27,34)(H,35,36)/t19-/m1/s1. The lowest BCUT2D eigenvalue weighted by Gasteiger charge is -2.33. The molecule has 1 aliphatic heterocycles. The summed E-state index contributed by atoms with van der Waals surface area (Å²) in [6.45, 7) is 6.79. The number of fused-ring (bicyclic) bond motifs is 1. The van der Waals surface area contributed by atoms with Gasteiger partial charge in [-0.15, -0.1) is 0 Å². The second-order valence-corrected chi connectivity index (χ2v) is 9.93. The van der Waals surface area contributed by atoms with Crippen molar-refractivity contribution in [1.29, 1.82) is 0 Å². The van der Waals surface area contributed by atoms with Gasteiger partial charge in [0.2, 0.25) is 5.88 Å². The molecule has 1 aliphatic rings. The summed E-state index contributed by atoms with van der Waals surface area (Å²) in [5.74, 6) is 0.232. The Kier molecular flexibility index (Phi) is 7.46. The fourth-order valence-corrected chi connectivity index (χ4v) is 4.65. The molecule has 0 bridgehead atoms. The first-order valence-electron chi connectivity index (χ1n) is 12.2. The molecule has 0 unspecified atom stereocenters. The van der Waals surface area contributed by atoms with E-state index < -0.39 is 17.4 Å². The first-order valence-corrected chi connectivity index (χ1v) is 12.2. The molecule has 0 saturated carbocycles. The molecule has 198 valence electrons. The van der Waals surface area contributed by atoms with Gasteiger partial charge >= 0.3 is 6.09 Å². The summed E-state index contributed by atoms with van der Waals surface area (Å²) < 4.78 is 20.9. The number of carbonyl (C=O) groups is 2. The van der Waals surface area contributed by atoms with Crippen molar-refractivity contribution in [2.24, 2.45) is 0 Å². The second kappa shape index (κ2) is 10.6. The molecule has 4 heterocycles. The van der Waals surface area contributed by atoms with Crippen LogP contribution >= 0.6 is 0 Å². The molecule has 37 heavy (non-hydrogen) atoms. The number of nitrogens with one attached hydrogen (secondary N) is 1. The third-order valence-corrected chi connectivity index (χ3v) is 6.43. The highest BCUT2D eigenvalue weighted by Crippen LogP contribution is 2.38. The number of nitrogens with zero attached hydrogens (tertiary/aromatic N) is 6. The van der Waals surface area contributed by atoms with E-state index in [1.165, 1.54) is 28.8 Å². The lowest BCUT2D eigenvalue weighted by molar-refractivity contribution is 0.0938. The van der Waals surface area contributed by atoms with Gasteiger partial charge in [0.05, 0.1) is 25.5 Å². The van der Waals surface area contributed by atoms with E-state index in [9.17, 15) is 19.1 Å². The Morgan fingerprint density at radius 3 is 2.81 bits per heavy atom. The fourth-order valence-electron chi connectivity index (χ4n) is 4.65. The maximum absolute atomic E-state index is 14.0. The number of hydrogen-bond donors (Lipinski definition) is 2. The summed E-state index contributed by atoms with van der Waals surface area (Å²) in [5.41, 5.74) is 0.830. The third-order valence-electron chi connectivity index (χ3n) is 6.43. The average molecular weight is 514 g/mol. The van der Waals surface area contributed by atoms with E-state index in [2.05, 4.69) is 20.3 Å². The van der Waals surface area contributed by atoms with Crippen LogP contribution in [0.2, 0.25) is 0 Å². The zero-order valence-electron chi connectivity index (χ0n) is 21.4. The normalized spacial score (nSPS) is 15.7. The number of anilines is 1. The Labute approximate surface area is 214 Å². The smallest absolute Gasteiger partial charge is 0.407 e. The summed E-state index contributed by atoms with van der Waals surface area (Å²) in [4.78, 5) is 36.6. The lowest BCUT2D eigenvalue weighted by atomic mass is 10.1. The van der Waals surface area contributed by atoms with Gasteiger partial charge in [-0.25, -0.2) is 23.7 Å². The van der Waals surface area contributed by atoms with Crippen LogP contribution in [0.15, 0.2) is 30.7 Å². The Morgan fingerprint density at radius 2 is 2.11 bits per heavy atom. The third kappa shape index (κ3) is 5.57. The number of carboxylic acid groups (broad SMARTS) is 1. The zero-order chi connectivity index (χ0) is 26.7. The van der Waals surface area contributed by atoms with Crippen molar-refractivity contribution in [2.45, 2.75) is 51.6 Å². The number of rotatable bonds is 8. The number of hydrogen-bond acceptors (Lipinski definition) is 7. The molecule has 4 rings (SSSR count). The molecule has 11 nitrogen and oxygen atoms in total. The molecule has 1 fully saturated rings. The molecular formula is C25H32FN7O4. The maximum Gasteiger partial charge on any atom is 0.407 e. The summed E-state index contributed by atoms with van der Waals surface area (Å²) in [5, 5.41) is 16.5. The van der Waals surface area contributed by atoms with Crippen LogP contribution in [0.5, 0.6) is 5.88 Å². The number of amides is 2. The number of aromatic nitrogens is 4. The summed E-state index contributed by atoms with van der Waals surface area (Å²) in [7, 11) is 1.51. The van der Waals surface area contributed by atoms with E-state index in [1.54, 1.807) is 6.20 Å². The van der Waals surface area contributed by atoms with Gasteiger partial charge < -0.3 is 25.0 Å². The molecule has 12 heteroatoms. The van der Waals surface area contributed by atoms with E-state index in [1.807, 2.05) is 26.8 Å². The van der Waals surface area contributed by atoms with Crippen molar-refractivity contribution in [2.75, 3.05) is 31.6 Å². The van der Waals surface area contributed by atoms with E-state index in [0.717, 1.165) is 19.0 Å². The number of ether oxygens (including phenoxy) is 1. The van der Waals surface area contributed by atoms with Crippen LogP contribution in [0.4, 0.5) is 15.0 Å². The Morgan fingerprint density at radius 1 is 1.32 bits per heavy atom. The Balaban J connectivity index is 1.50. The molecule has 0 spiro atoms. The molecule has 0 radical (unpaired) electrons. The molecule has 1 saturated heterocycles. The first-order chi connectivity index (χ1) is 17.6. The predicted octanol–water partition coefficient (Wildman–Crippen LogP) is 3.51. The van der Waals surface area contributed by atoms with Gasteiger partial charge in [-0.3, -0.25) is 4.79 Å². The molecule has 3 aromatic heterocycles. The summed E-state index contributed by atoms with van der Waals surface area (Å²) in [6.07, 6.45) is 5.46. The van der Waals surface area contributed by atoms with Crippen LogP contribution < -0.4 is 15.0 Å². The minimum atomic E-state index is -0.995. The molecule has 1 atom stereocenters. The van der Waals surface area contributed by atoms with Crippen LogP contribution in [-0.2, 0) is 0 Å². The van der Waals surface area contributed by atoms with Crippen molar-refractivity contribution in [3.63, 3.8) is 0 Å². The fraction of sp³-hybridized carbons (Fsp3) is 0.480. The van der Waals surface area contributed by atoms with Crippen molar-refractivity contribution in [3.8, 4) is 5.88 Å².